The van der Waals surface area contributed by atoms with Crippen molar-refractivity contribution in [2.45, 2.75) is 12.5 Å². The Morgan fingerprint density at radius 3 is 2.39 bits per heavy atom. The third-order valence-electron chi connectivity index (χ3n) is 4.81. The first kappa shape index (κ1) is 18.4. The van der Waals surface area contributed by atoms with Gasteiger partial charge in [-0.3, -0.25) is 4.79 Å². The molecule has 4 nitrogen and oxygen atoms in total. The molecule has 0 unspecified atom stereocenters. The molecule has 1 amide bonds. The third kappa shape index (κ3) is 3.58. The van der Waals surface area contributed by atoms with E-state index in [1.807, 2.05) is 78.9 Å². The molecule has 0 N–H and O–H groups in total. The van der Waals surface area contributed by atoms with Gasteiger partial charge in [-0.25, -0.2) is 5.01 Å². The number of amides is 1. The fourth-order valence-electron chi connectivity index (χ4n) is 3.41. The van der Waals surface area contributed by atoms with Crippen LogP contribution in [-0.4, -0.2) is 23.7 Å². The average molecular weight is 435 g/mol. The molecule has 1 atom stereocenters. The number of carbonyl (C=O) groups excluding carboxylic acids is 1. The highest BCUT2D eigenvalue weighted by atomic mass is 79.9. The minimum Gasteiger partial charge on any atom is -0.496 e. The largest absolute Gasteiger partial charge is 0.496 e. The van der Waals surface area contributed by atoms with Gasteiger partial charge in [-0.1, -0.05) is 64.5 Å². The second-order valence-electron chi connectivity index (χ2n) is 6.53. The molecule has 3 aromatic carbocycles. The molecular formula is C23H19BrN2O2. The van der Waals surface area contributed by atoms with Crippen molar-refractivity contribution in [3.8, 4) is 5.75 Å². The van der Waals surface area contributed by atoms with Gasteiger partial charge in [0.2, 0.25) is 0 Å². The molecule has 0 aromatic heterocycles. The number of hydrazone groups is 1. The van der Waals surface area contributed by atoms with Gasteiger partial charge in [0, 0.05) is 22.0 Å². The summed E-state index contributed by atoms with van der Waals surface area (Å²) >= 11 is 3.47. The van der Waals surface area contributed by atoms with Crippen molar-refractivity contribution >= 4 is 27.5 Å². The highest BCUT2D eigenvalue weighted by Gasteiger charge is 2.35. The lowest BCUT2D eigenvalue weighted by Gasteiger charge is -2.23. The van der Waals surface area contributed by atoms with Gasteiger partial charge in [-0.2, -0.15) is 5.10 Å². The number of halogens is 1. The fraction of sp³-hybridized carbons (Fsp3) is 0.130. The van der Waals surface area contributed by atoms with Gasteiger partial charge in [0.1, 0.15) is 5.75 Å². The molecular weight excluding hydrogens is 416 g/mol. The zero-order valence-electron chi connectivity index (χ0n) is 15.4. The number of nitrogens with zero attached hydrogens (tertiary/aromatic N) is 2. The molecule has 0 saturated heterocycles. The number of rotatable bonds is 4. The van der Waals surface area contributed by atoms with Crippen molar-refractivity contribution < 1.29 is 9.53 Å². The molecule has 0 bridgehead atoms. The summed E-state index contributed by atoms with van der Waals surface area (Å²) in [5.74, 6) is 0.634. The summed E-state index contributed by atoms with van der Waals surface area (Å²) in [6, 6.07) is 24.8. The summed E-state index contributed by atoms with van der Waals surface area (Å²) in [4.78, 5) is 13.2. The SMILES string of the molecule is COc1ccccc1[C@@H]1CC(c2ccc(Br)cc2)=NN1C(=O)c1ccccc1. The van der Waals surface area contributed by atoms with Crippen molar-refractivity contribution in [1.82, 2.24) is 5.01 Å². The lowest BCUT2D eigenvalue weighted by atomic mass is 9.97. The van der Waals surface area contributed by atoms with Crippen molar-refractivity contribution in [3.63, 3.8) is 0 Å². The minimum absolute atomic E-state index is 0.122. The molecule has 0 fully saturated rings. The van der Waals surface area contributed by atoms with Crippen LogP contribution in [0.3, 0.4) is 0 Å². The van der Waals surface area contributed by atoms with E-state index in [-0.39, 0.29) is 11.9 Å². The molecule has 28 heavy (non-hydrogen) atoms. The summed E-state index contributed by atoms with van der Waals surface area (Å²) in [5, 5.41) is 6.31. The molecule has 1 aliphatic rings. The normalized spacial score (nSPS) is 16.0. The molecule has 1 aliphatic heterocycles. The molecule has 0 saturated carbocycles. The van der Waals surface area contributed by atoms with E-state index >= 15 is 0 Å². The monoisotopic (exact) mass is 434 g/mol. The molecule has 0 aliphatic carbocycles. The van der Waals surface area contributed by atoms with Crippen molar-refractivity contribution in [3.05, 3.63) is 100 Å². The lowest BCUT2D eigenvalue weighted by molar-refractivity contribution is 0.0709. The highest BCUT2D eigenvalue weighted by Crippen LogP contribution is 2.38. The summed E-state index contributed by atoms with van der Waals surface area (Å²) in [7, 11) is 1.65. The van der Waals surface area contributed by atoms with Crippen LogP contribution in [-0.2, 0) is 0 Å². The van der Waals surface area contributed by atoms with Crippen LogP contribution in [0.15, 0.2) is 88.4 Å². The zero-order valence-corrected chi connectivity index (χ0v) is 17.0. The number of ether oxygens (including phenoxy) is 1. The maximum absolute atomic E-state index is 13.2. The maximum Gasteiger partial charge on any atom is 0.274 e. The summed E-state index contributed by atoms with van der Waals surface area (Å²) in [6.07, 6.45) is 0.626. The third-order valence-corrected chi connectivity index (χ3v) is 5.34. The van der Waals surface area contributed by atoms with E-state index < -0.39 is 0 Å². The first-order chi connectivity index (χ1) is 13.7. The highest BCUT2D eigenvalue weighted by molar-refractivity contribution is 9.10. The standard InChI is InChI=1S/C23H19BrN2O2/c1-28-22-10-6-5-9-19(22)21-15-20(16-11-13-18(24)14-12-16)25-26(21)23(27)17-7-3-2-4-8-17/h2-14,21H,15H2,1H3/t21-/m0/s1. The van der Waals surface area contributed by atoms with Crippen LogP contribution in [0.4, 0.5) is 0 Å². The van der Waals surface area contributed by atoms with Gasteiger partial charge in [-0.05, 0) is 35.9 Å². The van der Waals surface area contributed by atoms with Gasteiger partial charge in [0.15, 0.2) is 0 Å². The number of hydrogen-bond donors (Lipinski definition) is 0. The second-order valence-corrected chi connectivity index (χ2v) is 7.45. The Morgan fingerprint density at radius 1 is 1.00 bits per heavy atom. The van der Waals surface area contributed by atoms with Gasteiger partial charge in [0.05, 0.1) is 18.9 Å². The first-order valence-corrected chi connectivity index (χ1v) is 9.81. The molecule has 3 aromatic rings. The second kappa shape index (κ2) is 7.98. The minimum atomic E-state index is -0.220. The molecule has 4 rings (SSSR count). The van der Waals surface area contributed by atoms with Gasteiger partial charge < -0.3 is 4.74 Å². The fourth-order valence-corrected chi connectivity index (χ4v) is 3.68. The van der Waals surface area contributed by atoms with E-state index in [4.69, 9.17) is 9.84 Å². The van der Waals surface area contributed by atoms with E-state index in [1.165, 1.54) is 0 Å². The van der Waals surface area contributed by atoms with E-state index in [2.05, 4.69) is 15.9 Å². The van der Waals surface area contributed by atoms with E-state index in [9.17, 15) is 4.79 Å². The Kier molecular flexibility index (Phi) is 5.26. The van der Waals surface area contributed by atoms with Gasteiger partial charge in [-0.15, -0.1) is 0 Å². The number of hydrogen-bond acceptors (Lipinski definition) is 3. The molecule has 0 radical (unpaired) electrons. The molecule has 140 valence electrons. The zero-order chi connectivity index (χ0) is 19.5. The van der Waals surface area contributed by atoms with Crippen molar-refractivity contribution in [1.29, 1.82) is 0 Å². The lowest BCUT2D eigenvalue weighted by Crippen LogP contribution is -2.27. The van der Waals surface area contributed by atoms with Crippen molar-refractivity contribution in [2.24, 2.45) is 5.10 Å². The van der Waals surface area contributed by atoms with Crippen LogP contribution < -0.4 is 4.74 Å². The first-order valence-electron chi connectivity index (χ1n) is 9.02. The van der Waals surface area contributed by atoms with Gasteiger partial charge in [0.25, 0.3) is 5.91 Å². The Hall–Kier alpha value is -2.92. The number of benzene rings is 3. The number of methoxy groups -OCH3 is 1. The predicted octanol–water partition coefficient (Wildman–Crippen LogP) is 5.45. The van der Waals surface area contributed by atoms with Crippen LogP contribution >= 0.6 is 15.9 Å². The Morgan fingerprint density at radius 2 is 1.68 bits per heavy atom. The Labute approximate surface area is 172 Å². The van der Waals surface area contributed by atoms with E-state index in [1.54, 1.807) is 12.1 Å². The topological polar surface area (TPSA) is 41.9 Å². The Balaban J connectivity index is 1.76. The predicted molar refractivity (Wildman–Crippen MR) is 114 cm³/mol. The Bertz CT molecular complexity index is 1020. The van der Waals surface area contributed by atoms with Crippen LogP contribution in [0.2, 0.25) is 0 Å². The smallest absolute Gasteiger partial charge is 0.274 e. The van der Waals surface area contributed by atoms with Crippen LogP contribution in [0.25, 0.3) is 0 Å². The summed E-state index contributed by atoms with van der Waals surface area (Å²) in [6.45, 7) is 0. The number of para-hydroxylation sites is 1. The van der Waals surface area contributed by atoms with E-state index in [0.717, 1.165) is 27.1 Å². The maximum atomic E-state index is 13.2. The van der Waals surface area contributed by atoms with Crippen LogP contribution in [0.5, 0.6) is 5.75 Å². The number of carbonyl (C=O) groups is 1. The van der Waals surface area contributed by atoms with Gasteiger partial charge >= 0.3 is 0 Å². The molecule has 1 heterocycles. The summed E-state index contributed by atoms with van der Waals surface area (Å²) in [5.41, 5.74) is 3.45. The quantitative estimate of drug-likeness (QED) is 0.547. The molecule has 0 spiro atoms. The van der Waals surface area contributed by atoms with Crippen LogP contribution in [0.1, 0.15) is 33.9 Å². The van der Waals surface area contributed by atoms with E-state index in [0.29, 0.717) is 12.0 Å². The average Bonchev–Trinajstić information content (AvgIpc) is 3.19. The van der Waals surface area contributed by atoms with Crippen LogP contribution in [0, 0.1) is 0 Å². The summed E-state index contributed by atoms with van der Waals surface area (Å²) < 4.78 is 6.56. The molecule has 5 heteroatoms. The van der Waals surface area contributed by atoms with Crippen molar-refractivity contribution in [2.75, 3.05) is 7.11 Å².